The molecule has 0 spiro atoms. The number of hydrogen-bond donors (Lipinski definition) is 2. The molecule has 106 valence electrons. The second kappa shape index (κ2) is 5.47. The second-order valence-electron chi connectivity index (χ2n) is 5.70. The third-order valence-electron chi connectivity index (χ3n) is 3.53. The van der Waals surface area contributed by atoms with Gasteiger partial charge >= 0.3 is 0 Å². The molecular weight excluding hydrogens is 267 g/mol. The lowest BCUT2D eigenvalue weighted by Gasteiger charge is -2.26. The van der Waals surface area contributed by atoms with Crippen LogP contribution < -0.4 is 11.1 Å². The molecule has 0 bridgehead atoms. The SMILES string of the molecule is CC(C)(CNC(=O)C1(N)CC1)c1ccccc1F.Cl. The Labute approximate surface area is 119 Å². The van der Waals surface area contributed by atoms with Crippen LogP contribution in [-0.2, 0) is 10.2 Å². The monoisotopic (exact) mass is 286 g/mol. The highest BCUT2D eigenvalue weighted by Gasteiger charge is 2.46. The highest BCUT2D eigenvalue weighted by Crippen LogP contribution is 2.32. The summed E-state index contributed by atoms with van der Waals surface area (Å²) >= 11 is 0. The van der Waals surface area contributed by atoms with E-state index in [0.717, 1.165) is 12.8 Å². The van der Waals surface area contributed by atoms with Gasteiger partial charge in [-0.05, 0) is 24.5 Å². The highest BCUT2D eigenvalue weighted by atomic mass is 35.5. The van der Waals surface area contributed by atoms with Gasteiger partial charge in [-0.25, -0.2) is 4.39 Å². The van der Waals surface area contributed by atoms with E-state index in [1.165, 1.54) is 6.07 Å². The van der Waals surface area contributed by atoms with Crippen molar-refractivity contribution in [2.75, 3.05) is 6.54 Å². The fourth-order valence-corrected chi connectivity index (χ4v) is 1.94. The van der Waals surface area contributed by atoms with Crippen LogP contribution in [-0.4, -0.2) is 18.0 Å². The molecule has 0 unspecified atom stereocenters. The van der Waals surface area contributed by atoms with Crippen molar-refractivity contribution in [3.63, 3.8) is 0 Å². The molecule has 2 rings (SSSR count). The Morgan fingerprint density at radius 3 is 2.53 bits per heavy atom. The molecule has 0 radical (unpaired) electrons. The molecule has 0 aromatic heterocycles. The van der Waals surface area contributed by atoms with Crippen molar-refractivity contribution in [3.05, 3.63) is 35.6 Å². The summed E-state index contributed by atoms with van der Waals surface area (Å²) in [5, 5.41) is 2.82. The van der Waals surface area contributed by atoms with Crippen LogP contribution in [0.25, 0.3) is 0 Å². The summed E-state index contributed by atoms with van der Waals surface area (Å²) in [5.41, 5.74) is 5.28. The molecular formula is C14H20ClFN2O. The quantitative estimate of drug-likeness (QED) is 0.891. The predicted molar refractivity (Wildman–Crippen MR) is 75.8 cm³/mol. The van der Waals surface area contributed by atoms with Crippen LogP contribution in [0.3, 0.4) is 0 Å². The van der Waals surface area contributed by atoms with Gasteiger partial charge in [0.25, 0.3) is 0 Å². The molecule has 1 aromatic carbocycles. The zero-order valence-corrected chi connectivity index (χ0v) is 12.0. The molecule has 1 amide bonds. The molecule has 5 heteroatoms. The molecule has 1 saturated carbocycles. The summed E-state index contributed by atoms with van der Waals surface area (Å²) in [6, 6.07) is 6.64. The van der Waals surface area contributed by atoms with Crippen molar-refractivity contribution in [2.24, 2.45) is 5.73 Å². The van der Waals surface area contributed by atoms with E-state index in [1.54, 1.807) is 18.2 Å². The number of benzene rings is 1. The Morgan fingerprint density at radius 1 is 1.42 bits per heavy atom. The average Bonchev–Trinajstić information content (AvgIpc) is 3.06. The van der Waals surface area contributed by atoms with Gasteiger partial charge in [0.2, 0.25) is 5.91 Å². The topological polar surface area (TPSA) is 55.1 Å². The van der Waals surface area contributed by atoms with Crippen molar-refractivity contribution in [2.45, 2.75) is 37.6 Å². The van der Waals surface area contributed by atoms with E-state index in [0.29, 0.717) is 12.1 Å². The molecule has 3 N–H and O–H groups in total. The molecule has 1 aliphatic carbocycles. The maximum Gasteiger partial charge on any atom is 0.240 e. The molecule has 19 heavy (non-hydrogen) atoms. The lowest BCUT2D eigenvalue weighted by molar-refractivity contribution is -0.123. The van der Waals surface area contributed by atoms with Crippen LogP contribution in [0.15, 0.2) is 24.3 Å². The molecule has 0 heterocycles. The van der Waals surface area contributed by atoms with E-state index in [9.17, 15) is 9.18 Å². The summed E-state index contributed by atoms with van der Waals surface area (Å²) in [7, 11) is 0. The molecule has 0 saturated heterocycles. The summed E-state index contributed by atoms with van der Waals surface area (Å²) in [4.78, 5) is 11.8. The lowest BCUT2D eigenvalue weighted by atomic mass is 9.84. The van der Waals surface area contributed by atoms with Gasteiger partial charge in [-0.1, -0.05) is 32.0 Å². The van der Waals surface area contributed by atoms with E-state index >= 15 is 0 Å². The average molecular weight is 287 g/mol. The lowest BCUT2D eigenvalue weighted by Crippen LogP contribution is -2.46. The van der Waals surface area contributed by atoms with E-state index in [4.69, 9.17) is 5.73 Å². The molecule has 0 aliphatic heterocycles. The summed E-state index contributed by atoms with van der Waals surface area (Å²) in [6.07, 6.45) is 1.47. The molecule has 1 aromatic rings. The number of halogens is 2. The first-order valence-corrected chi connectivity index (χ1v) is 6.17. The minimum absolute atomic E-state index is 0. The summed E-state index contributed by atoms with van der Waals surface area (Å²) in [6.45, 7) is 4.19. The summed E-state index contributed by atoms with van der Waals surface area (Å²) in [5.74, 6) is -0.377. The van der Waals surface area contributed by atoms with Gasteiger partial charge < -0.3 is 11.1 Å². The highest BCUT2D eigenvalue weighted by molar-refractivity contribution is 5.89. The Morgan fingerprint density at radius 2 is 2.00 bits per heavy atom. The molecule has 3 nitrogen and oxygen atoms in total. The first kappa shape index (κ1) is 15.9. The van der Waals surface area contributed by atoms with Gasteiger partial charge in [0.05, 0.1) is 5.54 Å². The maximum atomic E-state index is 13.7. The minimum Gasteiger partial charge on any atom is -0.354 e. The van der Waals surface area contributed by atoms with Gasteiger partial charge in [0.1, 0.15) is 5.82 Å². The normalized spacial score (nSPS) is 16.4. The van der Waals surface area contributed by atoms with Crippen LogP contribution in [0.1, 0.15) is 32.3 Å². The zero-order valence-electron chi connectivity index (χ0n) is 11.2. The van der Waals surface area contributed by atoms with Gasteiger partial charge in [-0.3, -0.25) is 4.79 Å². The van der Waals surface area contributed by atoms with Crippen molar-refractivity contribution >= 4 is 18.3 Å². The van der Waals surface area contributed by atoms with Crippen molar-refractivity contribution < 1.29 is 9.18 Å². The Bertz CT molecular complexity index is 472. The predicted octanol–water partition coefficient (Wildman–Crippen LogP) is 2.13. The molecule has 1 aliphatic rings. The third kappa shape index (κ3) is 3.45. The standard InChI is InChI=1S/C14H19FN2O.ClH/c1-13(2,10-5-3-4-6-11(10)15)9-17-12(18)14(16)7-8-14;/h3-6H,7-9,16H2,1-2H3,(H,17,18);1H. The Hall–Kier alpha value is -1.13. The van der Waals surface area contributed by atoms with Gasteiger partial charge in [0.15, 0.2) is 0 Å². The van der Waals surface area contributed by atoms with Crippen LogP contribution in [0, 0.1) is 5.82 Å². The van der Waals surface area contributed by atoms with Gasteiger partial charge in [-0.2, -0.15) is 0 Å². The van der Waals surface area contributed by atoms with Crippen molar-refractivity contribution in [3.8, 4) is 0 Å². The number of carbonyl (C=O) groups excluding carboxylic acids is 1. The fourth-order valence-electron chi connectivity index (χ4n) is 1.94. The van der Waals surface area contributed by atoms with Gasteiger partial charge in [0, 0.05) is 12.0 Å². The van der Waals surface area contributed by atoms with Crippen LogP contribution >= 0.6 is 12.4 Å². The first-order chi connectivity index (χ1) is 8.35. The van der Waals surface area contributed by atoms with Gasteiger partial charge in [-0.15, -0.1) is 12.4 Å². The number of nitrogens with two attached hydrogens (primary N) is 1. The van der Waals surface area contributed by atoms with E-state index in [2.05, 4.69) is 5.32 Å². The second-order valence-corrected chi connectivity index (χ2v) is 5.70. The number of nitrogens with one attached hydrogen (secondary N) is 1. The smallest absolute Gasteiger partial charge is 0.240 e. The maximum absolute atomic E-state index is 13.7. The molecule has 0 atom stereocenters. The zero-order chi connectivity index (χ0) is 13.4. The van der Waals surface area contributed by atoms with Crippen LogP contribution in [0.5, 0.6) is 0 Å². The Balaban J connectivity index is 0.00000180. The fraction of sp³-hybridized carbons (Fsp3) is 0.500. The largest absolute Gasteiger partial charge is 0.354 e. The molecule has 1 fully saturated rings. The number of carbonyl (C=O) groups is 1. The van der Waals surface area contributed by atoms with Crippen LogP contribution in [0.2, 0.25) is 0 Å². The van der Waals surface area contributed by atoms with E-state index < -0.39 is 11.0 Å². The number of hydrogen-bond acceptors (Lipinski definition) is 2. The van der Waals surface area contributed by atoms with Crippen molar-refractivity contribution in [1.82, 2.24) is 5.32 Å². The summed E-state index contributed by atoms with van der Waals surface area (Å²) < 4.78 is 13.7. The van der Waals surface area contributed by atoms with Crippen LogP contribution in [0.4, 0.5) is 4.39 Å². The minimum atomic E-state index is -0.675. The number of rotatable bonds is 4. The van der Waals surface area contributed by atoms with Crippen molar-refractivity contribution in [1.29, 1.82) is 0 Å². The van der Waals surface area contributed by atoms with E-state index in [-0.39, 0.29) is 24.1 Å². The first-order valence-electron chi connectivity index (χ1n) is 6.17. The van der Waals surface area contributed by atoms with E-state index in [1.807, 2.05) is 13.8 Å². The Kier molecular flexibility index (Phi) is 4.59. The number of amides is 1. The third-order valence-corrected chi connectivity index (χ3v) is 3.53.